The number of nitrogens with zero attached hydrogens (tertiary/aromatic N) is 2. The van der Waals surface area contributed by atoms with E-state index in [1.807, 2.05) is 28.8 Å². The maximum atomic E-state index is 12.8. The molecule has 1 aromatic heterocycles. The van der Waals surface area contributed by atoms with E-state index < -0.39 is 0 Å². The number of anilines is 1. The highest BCUT2D eigenvalue weighted by molar-refractivity contribution is 6.05. The number of nitrogens with one attached hydrogen (secondary N) is 2. The Bertz CT molecular complexity index is 850. The van der Waals surface area contributed by atoms with E-state index in [1.165, 1.54) is 5.56 Å². The van der Waals surface area contributed by atoms with Crippen LogP contribution in [0.3, 0.4) is 0 Å². The van der Waals surface area contributed by atoms with Gasteiger partial charge in [0.2, 0.25) is 0 Å². The molecule has 2 amide bonds. The number of rotatable bonds is 6. The summed E-state index contributed by atoms with van der Waals surface area (Å²) in [5, 5.41) is 5.65. The molecule has 1 aromatic carbocycles. The summed E-state index contributed by atoms with van der Waals surface area (Å²) in [4.78, 5) is 29.6. The lowest BCUT2D eigenvalue weighted by molar-refractivity contribution is 0.0942. The Labute approximate surface area is 159 Å². The van der Waals surface area contributed by atoms with Gasteiger partial charge in [-0.05, 0) is 42.9 Å². The number of carbonyl (C=O) groups excluding carboxylic acids is 2. The lowest BCUT2D eigenvalue weighted by Crippen LogP contribution is -2.28. The van der Waals surface area contributed by atoms with E-state index in [1.54, 1.807) is 6.08 Å². The second kappa shape index (κ2) is 8.20. The molecule has 1 aliphatic heterocycles. The summed E-state index contributed by atoms with van der Waals surface area (Å²) in [6.07, 6.45) is 4.33. The molecular weight excluding hydrogens is 340 g/mol. The Morgan fingerprint density at radius 1 is 1.22 bits per heavy atom. The molecule has 0 saturated carbocycles. The van der Waals surface area contributed by atoms with Crippen molar-refractivity contribution in [2.75, 3.05) is 11.9 Å². The van der Waals surface area contributed by atoms with Crippen molar-refractivity contribution < 1.29 is 9.59 Å². The molecule has 0 saturated heterocycles. The van der Waals surface area contributed by atoms with Gasteiger partial charge in [0.25, 0.3) is 11.8 Å². The van der Waals surface area contributed by atoms with E-state index in [4.69, 9.17) is 0 Å². The average molecular weight is 366 g/mol. The number of fused-ring (bicyclic) bond motifs is 1. The van der Waals surface area contributed by atoms with Gasteiger partial charge in [-0.2, -0.15) is 0 Å². The van der Waals surface area contributed by atoms with Crippen LogP contribution in [0.15, 0.2) is 36.9 Å². The Morgan fingerprint density at radius 3 is 2.63 bits per heavy atom. The van der Waals surface area contributed by atoms with Crippen molar-refractivity contribution in [2.24, 2.45) is 0 Å². The van der Waals surface area contributed by atoms with Gasteiger partial charge >= 0.3 is 0 Å². The summed E-state index contributed by atoms with van der Waals surface area (Å²) in [6, 6.07) is 7.81. The smallest absolute Gasteiger partial charge is 0.287 e. The Morgan fingerprint density at radius 2 is 1.96 bits per heavy atom. The van der Waals surface area contributed by atoms with Crippen molar-refractivity contribution in [2.45, 2.75) is 45.6 Å². The monoisotopic (exact) mass is 366 g/mol. The number of hydrogen-bond acceptors (Lipinski definition) is 3. The standard InChI is InChI=1S/C21H26N4O2/c1-4-12-22-21(27)19-24-18(17-7-5-6-13-25(17)19)20(26)23-16-10-8-15(9-11-16)14(2)3/h4,8-11,14H,1,5-7,12-13H2,2-3H3,(H,22,27)(H,23,26). The fourth-order valence-electron chi connectivity index (χ4n) is 3.28. The molecule has 2 aromatic rings. The highest BCUT2D eigenvalue weighted by Gasteiger charge is 2.27. The van der Waals surface area contributed by atoms with Gasteiger partial charge in [0.15, 0.2) is 11.5 Å². The number of imidazole rings is 1. The highest BCUT2D eigenvalue weighted by Crippen LogP contribution is 2.23. The number of aromatic nitrogens is 2. The molecule has 27 heavy (non-hydrogen) atoms. The maximum Gasteiger partial charge on any atom is 0.287 e. The van der Waals surface area contributed by atoms with Crippen LogP contribution in [0.5, 0.6) is 0 Å². The first kappa shape index (κ1) is 18.9. The first-order chi connectivity index (χ1) is 13.0. The van der Waals surface area contributed by atoms with Gasteiger partial charge in [-0.1, -0.05) is 32.1 Å². The summed E-state index contributed by atoms with van der Waals surface area (Å²) in [5.41, 5.74) is 3.11. The van der Waals surface area contributed by atoms with Crippen molar-refractivity contribution in [3.8, 4) is 0 Å². The van der Waals surface area contributed by atoms with Crippen LogP contribution in [-0.2, 0) is 13.0 Å². The van der Waals surface area contributed by atoms with Crippen LogP contribution in [0.2, 0.25) is 0 Å². The molecule has 0 fully saturated rings. The Hall–Kier alpha value is -2.89. The molecule has 0 spiro atoms. The molecule has 3 rings (SSSR count). The summed E-state index contributed by atoms with van der Waals surface area (Å²) >= 11 is 0. The first-order valence-corrected chi connectivity index (χ1v) is 9.41. The predicted molar refractivity (Wildman–Crippen MR) is 106 cm³/mol. The molecule has 0 aliphatic carbocycles. The third-order valence-electron chi connectivity index (χ3n) is 4.78. The second-order valence-electron chi connectivity index (χ2n) is 7.07. The molecule has 0 unspecified atom stereocenters. The van der Waals surface area contributed by atoms with Gasteiger partial charge in [-0.3, -0.25) is 9.59 Å². The number of amides is 2. The Balaban J connectivity index is 1.84. The lowest BCUT2D eigenvalue weighted by Gasteiger charge is -2.17. The molecule has 6 nitrogen and oxygen atoms in total. The van der Waals surface area contributed by atoms with Gasteiger partial charge in [0.05, 0.1) is 5.69 Å². The van der Waals surface area contributed by atoms with Crippen molar-refractivity contribution in [1.82, 2.24) is 14.9 Å². The largest absolute Gasteiger partial charge is 0.346 e. The maximum absolute atomic E-state index is 12.8. The van der Waals surface area contributed by atoms with E-state index in [2.05, 4.69) is 36.0 Å². The van der Waals surface area contributed by atoms with Crippen LogP contribution in [0, 0.1) is 0 Å². The molecule has 0 radical (unpaired) electrons. The van der Waals surface area contributed by atoms with Gasteiger partial charge in [-0.25, -0.2) is 4.98 Å². The van der Waals surface area contributed by atoms with E-state index in [-0.39, 0.29) is 11.8 Å². The third-order valence-corrected chi connectivity index (χ3v) is 4.78. The van der Waals surface area contributed by atoms with Crippen LogP contribution < -0.4 is 10.6 Å². The SMILES string of the molecule is C=CCNC(=O)c1nc(C(=O)Nc2ccc(C(C)C)cc2)c2n1CCCC2. The van der Waals surface area contributed by atoms with Gasteiger partial charge in [-0.15, -0.1) is 6.58 Å². The lowest BCUT2D eigenvalue weighted by atomic mass is 10.0. The van der Waals surface area contributed by atoms with Crippen molar-refractivity contribution in [1.29, 1.82) is 0 Å². The second-order valence-corrected chi connectivity index (χ2v) is 7.07. The van der Waals surface area contributed by atoms with Gasteiger partial charge < -0.3 is 15.2 Å². The van der Waals surface area contributed by atoms with Gasteiger partial charge in [0.1, 0.15) is 0 Å². The van der Waals surface area contributed by atoms with E-state index in [9.17, 15) is 9.59 Å². The molecule has 1 aliphatic rings. The average Bonchev–Trinajstić information content (AvgIpc) is 3.06. The fourth-order valence-corrected chi connectivity index (χ4v) is 3.28. The number of benzene rings is 1. The molecule has 2 heterocycles. The topological polar surface area (TPSA) is 76.0 Å². The third kappa shape index (κ3) is 4.10. The quantitative estimate of drug-likeness (QED) is 0.768. The summed E-state index contributed by atoms with van der Waals surface area (Å²) < 4.78 is 1.87. The summed E-state index contributed by atoms with van der Waals surface area (Å²) in [5.74, 6) is 0.178. The Kier molecular flexibility index (Phi) is 5.74. The minimum absolute atomic E-state index is 0.277. The molecular formula is C21H26N4O2. The van der Waals surface area contributed by atoms with Crippen LogP contribution in [0.1, 0.15) is 65.0 Å². The van der Waals surface area contributed by atoms with Crippen molar-refractivity contribution in [3.05, 3.63) is 59.7 Å². The number of hydrogen-bond donors (Lipinski definition) is 2. The van der Waals surface area contributed by atoms with Crippen LogP contribution >= 0.6 is 0 Å². The van der Waals surface area contributed by atoms with Crippen molar-refractivity contribution >= 4 is 17.5 Å². The normalized spacial score (nSPS) is 13.1. The zero-order chi connectivity index (χ0) is 19.4. The number of carbonyl (C=O) groups is 2. The zero-order valence-electron chi connectivity index (χ0n) is 15.9. The minimum Gasteiger partial charge on any atom is -0.346 e. The predicted octanol–water partition coefficient (Wildman–Crippen LogP) is 3.51. The van der Waals surface area contributed by atoms with E-state index >= 15 is 0 Å². The van der Waals surface area contributed by atoms with Crippen LogP contribution in [-0.4, -0.2) is 27.9 Å². The van der Waals surface area contributed by atoms with E-state index in [0.29, 0.717) is 30.5 Å². The fraction of sp³-hybridized carbons (Fsp3) is 0.381. The zero-order valence-corrected chi connectivity index (χ0v) is 15.9. The van der Waals surface area contributed by atoms with Gasteiger partial charge in [0, 0.05) is 18.8 Å². The molecule has 2 N–H and O–H groups in total. The molecule has 0 bridgehead atoms. The van der Waals surface area contributed by atoms with Crippen LogP contribution in [0.4, 0.5) is 5.69 Å². The molecule has 6 heteroatoms. The highest BCUT2D eigenvalue weighted by atomic mass is 16.2. The van der Waals surface area contributed by atoms with Crippen molar-refractivity contribution in [3.63, 3.8) is 0 Å². The molecule has 0 atom stereocenters. The van der Waals surface area contributed by atoms with E-state index in [0.717, 1.165) is 30.6 Å². The first-order valence-electron chi connectivity index (χ1n) is 9.41. The van der Waals surface area contributed by atoms with Crippen LogP contribution in [0.25, 0.3) is 0 Å². The molecule has 142 valence electrons. The summed E-state index contributed by atoms with van der Waals surface area (Å²) in [7, 11) is 0. The summed E-state index contributed by atoms with van der Waals surface area (Å²) in [6.45, 7) is 8.93. The minimum atomic E-state index is -0.279.